The molecule has 1 heterocycles. The number of methoxy groups -OCH3 is 2. The molecule has 5 heteroatoms. The van der Waals surface area contributed by atoms with Crippen LogP contribution in [0.15, 0.2) is 12.1 Å². The fourth-order valence-electron chi connectivity index (χ4n) is 2.76. The molecule has 1 unspecified atom stereocenters. The van der Waals surface area contributed by atoms with Crippen molar-refractivity contribution in [2.75, 3.05) is 39.1 Å². The molecule has 22 heavy (non-hydrogen) atoms. The molecular formula is C17H25ClO3S. The predicted octanol–water partition coefficient (Wildman–Crippen LogP) is 4.32. The Labute approximate surface area is 142 Å². The minimum Gasteiger partial charge on any atom is -0.493 e. The minimum atomic E-state index is 0.250. The fraction of sp³-hybridized carbons (Fsp3) is 0.647. The largest absolute Gasteiger partial charge is 0.493 e. The van der Waals surface area contributed by atoms with Gasteiger partial charge in [0.05, 0.1) is 32.7 Å². The van der Waals surface area contributed by atoms with Crippen LogP contribution in [0.2, 0.25) is 0 Å². The molecule has 124 valence electrons. The first-order valence-electron chi connectivity index (χ1n) is 7.51. The van der Waals surface area contributed by atoms with E-state index in [1.165, 1.54) is 11.1 Å². The molecule has 0 saturated heterocycles. The molecule has 1 aliphatic heterocycles. The van der Waals surface area contributed by atoms with Gasteiger partial charge in [-0.1, -0.05) is 13.8 Å². The predicted molar refractivity (Wildman–Crippen MR) is 93.8 cm³/mol. The summed E-state index contributed by atoms with van der Waals surface area (Å²) in [5.41, 5.74) is 2.87. The van der Waals surface area contributed by atoms with Crippen molar-refractivity contribution in [2.45, 2.75) is 25.5 Å². The van der Waals surface area contributed by atoms with Gasteiger partial charge in [0, 0.05) is 5.88 Å². The van der Waals surface area contributed by atoms with Crippen LogP contribution in [0.5, 0.6) is 11.5 Å². The lowest BCUT2D eigenvalue weighted by Crippen LogP contribution is -2.17. The molecule has 0 fully saturated rings. The second-order valence-corrected chi connectivity index (χ2v) is 7.88. The van der Waals surface area contributed by atoms with E-state index in [2.05, 4.69) is 26.0 Å². The summed E-state index contributed by atoms with van der Waals surface area (Å²) in [6.45, 7) is 5.88. The van der Waals surface area contributed by atoms with Gasteiger partial charge in [-0.05, 0) is 40.8 Å². The standard InChI is InChI=1S/C17H25ClO3S/c1-17(2)9-12-7-14(19-3)15(20-4)8-13(12)16(22-11-17)10-21-6-5-18/h7-8,16H,5-6,9-11H2,1-4H3. The molecular weight excluding hydrogens is 320 g/mol. The summed E-state index contributed by atoms with van der Waals surface area (Å²) in [5.74, 6) is 3.20. The number of ether oxygens (including phenoxy) is 3. The third-order valence-electron chi connectivity index (χ3n) is 3.83. The Bertz CT molecular complexity index is 505. The van der Waals surface area contributed by atoms with E-state index in [4.69, 9.17) is 25.8 Å². The van der Waals surface area contributed by atoms with Gasteiger partial charge in [0.15, 0.2) is 11.5 Å². The Morgan fingerprint density at radius 3 is 2.55 bits per heavy atom. The van der Waals surface area contributed by atoms with E-state index in [0.717, 1.165) is 23.7 Å². The zero-order valence-corrected chi connectivity index (χ0v) is 15.4. The number of halogens is 1. The number of rotatable bonds is 6. The summed E-state index contributed by atoms with van der Waals surface area (Å²) in [6, 6.07) is 4.23. The third-order valence-corrected chi connectivity index (χ3v) is 5.72. The summed E-state index contributed by atoms with van der Waals surface area (Å²) in [7, 11) is 3.36. The van der Waals surface area contributed by atoms with Crippen molar-refractivity contribution >= 4 is 23.4 Å². The van der Waals surface area contributed by atoms with E-state index in [9.17, 15) is 0 Å². The van der Waals surface area contributed by atoms with E-state index in [0.29, 0.717) is 24.3 Å². The molecule has 0 amide bonds. The van der Waals surface area contributed by atoms with E-state index in [1.807, 2.05) is 11.8 Å². The van der Waals surface area contributed by atoms with Gasteiger partial charge in [-0.15, -0.1) is 11.6 Å². The van der Waals surface area contributed by atoms with E-state index in [1.54, 1.807) is 14.2 Å². The minimum absolute atomic E-state index is 0.250. The van der Waals surface area contributed by atoms with Gasteiger partial charge < -0.3 is 14.2 Å². The molecule has 0 spiro atoms. The Kier molecular flexibility index (Phi) is 6.30. The summed E-state index contributed by atoms with van der Waals surface area (Å²) < 4.78 is 16.6. The second kappa shape index (κ2) is 7.80. The Morgan fingerprint density at radius 2 is 1.91 bits per heavy atom. The van der Waals surface area contributed by atoms with Gasteiger partial charge >= 0.3 is 0 Å². The lowest BCUT2D eigenvalue weighted by Gasteiger charge is -2.22. The van der Waals surface area contributed by atoms with Crippen molar-refractivity contribution in [1.82, 2.24) is 0 Å². The highest BCUT2D eigenvalue weighted by Gasteiger charge is 2.30. The average molecular weight is 345 g/mol. The molecule has 0 bridgehead atoms. The monoisotopic (exact) mass is 344 g/mol. The number of benzene rings is 1. The highest BCUT2D eigenvalue weighted by atomic mass is 35.5. The zero-order valence-electron chi connectivity index (χ0n) is 13.8. The molecule has 0 saturated carbocycles. The van der Waals surface area contributed by atoms with E-state index < -0.39 is 0 Å². The van der Waals surface area contributed by atoms with Crippen molar-refractivity contribution in [2.24, 2.45) is 5.41 Å². The van der Waals surface area contributed by atoms with Crippen LogP contribution in [0.1, 0.15) is 30.2 Å². The molecule has 2 rings (SSSR count). The zero-order chi connectivity index (χ0) is 16.2. The van der Waals surface area contributed by atoms with Crippen LogP contribution in [0.3, 0.4) is 0 Å². The SMILES string of the molecule is COc1cc2c(cc1OC)C(COCCCl)SCC(C)(C)C2. The van der Waals surface area contributed by atoms with Gasteiger partial charge in [-0.2, -0.15) is 11.8 Å². The average Bonchev–Trinajstić information content (AvgIpc) is 2.61. The van der Waals surface area contributed by atoms with Gasteiger partial charge in [-0.3, -0.25) is 0 Å². The number of alkyl halides is 1. The normalized spacial score (nSPS) is 20.1. The Balaban J connectivity index is 2.37. The topological polar surface area (TPSA) is 27.7 Å². The van der Waals surface area contributed by atoms with Crippen LogP contribution in [-0.4, -0.2) is 39.1 Å². The molecule has 0 radical (unpaired) electrons. The quantitative estimate of drug-likeness (QED) is 0.567. The van der Waals surface area contributed by atoms with E-state index >= 15 is 0 Å². The molecule has 3 nitrogen and oxygen atoms in total. The summed E-state index contributed by atoms with van der Waals surface area (Å²) in [4.78, 5) is 0. The van der Waals surface area contributed by atoms with Crippen molar-refractivity contribution in [3.63, 3.8) is 0 Å². The van der Waals surface area contributed by atoms with Gasteiger partial charge in [-0.25, -0.2) is 0 Å². The summed E-state index contributed by atoms with van der Waals surface area (Å²) >= 11 is 7.67. The second-order valence-electron chi connectivity index (χ2n) is 6.31. The van der Waals surface area contributed by atoms with Crippen molar-refractivity contribution in [3.8, 4) is 11.5 Å². The smallest absolute Gasteiger partial charge is 0.161 e. The number of thioether (sulfide) groups is 1. The van der Waals surface area contributed by atoms with Crippen molar-refractivity contribution < 1.29 is 14.2 Å². The van der Waals surface area contributed by atoms with Crippen LogP contribution in [0.25, 0.3) is 0 Å². The van der Waals surface area contributed by atoms with Crippen LogP contribution >= 0.6 is 23.4 Å². The maximum absolute atomic E-state index is 5.72. The maximum Gasteiger partial charge on any atom is 0.161 e. The van der Waals surface area contributed by atoms with Gasteiger partial charge in [0.2, 0.25) is 0 Å². The molecule has 0 aliphatic carbocycles. The Morgan fingerprint density at radius 1 is 1.23 bits per heavy atom. The van der Waals surface area contributed by atoms with Crippen LogP contribution in [-0.2, 0) is 11.2 Å². The fourth-order valence-corrected chi connectivity index (χ4v) is 4.21. The van der Waals surface area contributed by atoms with E-state index in [-0.39, 0.29) is 5.41 Å². The van der Waals surface area contributed by atoms with Crippen LogP contribution in [0.4, 0.5) is 0 Å². The van der Waals surface area contributed by atoms with Crippen molar-refractivity contribution in [3.05, 3.63) is 23.3 Å². The molecule has 1 aromatic rings. The van der Waals surface area contributed by atoms with Crippen LogP contribution < -0.4 is 9.47 Å². The lowest BCUT2D eigenvalue weighted by molar-refractivity contribution is 0.150. The lowest BCUT2D eigenvalue weighted by atomic mass is 9.85. The van der Waals surface area contributed by atoms with Crippen LogP contribution in [0, 0.1) is 5.41 Å². The molecule has 1 aromatic carbocycles. The van der Waals surface area contributed by atoms with Gasteiger partial charge in [0.25, 0.3) is 0 Å². The first kappa shape index (κ1) is 17.8. The summed E-state index contributed by atoms with van der Waals surface area (Å²) in [5, 5.41) is 0.305. The summed E-state index contributed by atoms with van der Waals surface area (Å²) in [6.07, 6.45) is 1.03. The number of fused-ring (bicyclic) bond motifs is 1. The number of hydrogen-bond donors (Lipinski definition) is 0. The molecule has 0 aromatic heterocycles. The molecule has 1 atom stereocenters. The first-order valence-corrected chi connectivity index (χ1v) is 9.09. The number of hydrogen-bond acceptors (Lipinski definition) is 4. The maximum atomic E-state index is 5.72. The molecule has 1 aliphatic rings. The van der Waals surface area contributed by atoms with Gasteiger partial charge in [0.1, 0.15) is 0 Å². The molecule has 0 N–H and O–H groups in total. The highest BCUT2D eigenvalue weighted by molar-refractivity contribution is 7.99. The third kappa shape index (κ3) is 4.24. The Hall–Kier alpha value is -0.580. The first-order chi connectivity index (χ1) is 10.5. The van der Waals surface area contributed by atoms with Crippen molar-refractivity contribution in [1.29, 1.82) is 0 Å². The highest BCUT2D eigenvalue weighted by Crippen LogP contribution is 2.45.